The maximum atomic E-state index is 11.0. The predicted octanol–water partition coefficient (Wildman–Crippen LogP) is 4.62. The van der Waals surface area contributed by atoms with Crippen LogP contribution < -0.4 is 0 Å². The van der Waals surface area contributed by atoms with Gasteiger partial charge in [-0.25, -0.2) is 0 Å². The van der Waals surface area contributed by atoms with Crippen molar-refractivity contribution in [2.24, 2.45) is 5.92 Å². The molecular weight excluding hydrogens is 261 g/mol. The van der Waals surface area contributed by atoms with Crippen LogP contribution in [0, 0.1) is 16.0 Å². The molecule has 0 aliphatic carbocycles. The fourth-order valence-corrected chi connectivity index (χ4v) is 2.70. The average molecular weight is 276 g/mol. The molecule has 17 heavy (non-hydrogen) atoms. The molecule has 0 aliphatic rings. The summed E-state index contributed by atoms with van der Waals surface area (Å²) in [5.41, 5.74) is 0.695. The summed E-state index contributed by atoms with van der Waals surface area (Å²) in [7, 11) is 0. The molecule has 1 rings (SSSR count). The van der Waals surface area contributed by atoms with E-state index < -0.39 is 0 Å². The zero-order valence-electron chi connectivity index (χ0n) is 9.98. The Morgan fingerprint density at radius 1 is 1.29 bits per heavy atom. The first-order valence-electron chi connectivity index (χ1n) is 5.42. The van der Waals surface area contributed by atoms with E-state index in [1.807, 2.05) is 20.8 Å². The van der Waals surface area contributed by atoms with Gasteiger partial charge in [-0.3, -0.25) is 10.1 Å². The van der Waals surface area contributed by atoms with Crippen molar-refractivity contribution in [1.82, 2.24) is 0 Å². The molecule has 0 bridgehead atoms. The Morgan fingerprint density at radius 2 is 1.88 bits per heavy atom. The van der Waals surface area contributed by atoms with Crippen LogP contribution in [0.1, 0.15) is 32.3 Å². The van der Waals surface area contributed by atoms with E-state index in [9.17, 15) is 10.1 Å². The molecule has 94 valence electrons. The number of hydrogen-bond donors (Lipinski definition) is 0. The van der Waals surface area contributed by atoms with Crippen LogP contribution in [-0.2, 0) is 0 Å². The lowest BCUT2D eigenvalue weighted by atomic mass is 9.85. The second kappa shape index (κ2) is 5.69. The summed E-state index contributed by atoms with van der Waals surface area (Å²) in [6.45, 7) is 5.83. The molecule has 5 heteroatoms. The van der Waals surface area contributed by atoms with E-state index in [4.69, 9.17) is 23.2 Å². The van der Waals surface area contributed by atoms with Gasteiger partial charge in [0.2, 0.25) is 0 Å². The van der Waals surface area contributed by atoms with E-state index in [0.717, 1.165) is 0 Å². The smallest absolute Gasteiger partial charge is 0.258 e. The molecule has 0 amide bonds. The summed E-state index contributed by atoms with van der Waals surface area (Å²) in [4.78, 5) is 10.6. The standard InChI is InChI=1S/C12H15Cl2NO2/c1-7(2)12(8(3)13)10-6-9(14)4-5-11(10)15(16)17/h4-8,12H,1-3H3. The van der Waals surface area contributed by atoms with E-state index in [1.165, 1.54) is 12.1 Å². The first kappa shape index (κ1) is 14.3. The van der Waals surface area contributed by atoms with Crippen LogP contribution in [0.15, 0.2) is 18.2 Å². The lowest BCUT2D eigenvalue weighted by Gasteiger charge is -2.23. The second-order valence-corrected chi connectivity index (χ2v) is 5.53. The Labute approximate surface area is 111 Å². The Hall–Kier alpha value is -0.800. The molecule has 0 aliphatic heterocycles. The maximum absolute atomic E-state index is 11.0. The largest absolute Gasteiger partial charge is 0.273 e. The second-order valence-electron chi connectivity index (χ2n) is 4.41. The molecule has 0 radical (unpaired) electrons. The normalized spacial score (nSPS) is 14.7. The maximum Gasteiger partial charge on any atom is 0.273 e. The first-order valence-corrected chi connectivity index (χ1v) is 6.24. The molecule has 2 unspecified atom stereocenters. The van der Waals surface area contributed by atoms with Crippen molar-refractivity contribution < 1.29 is 4.92 Å². The molecule has 3 nitrogen and oxygen atoms in total. The Morgan fingerprint density at radius 3 is 2.29 bits per heavy atom. The lowest BCUT2D eigenvalue weighted by molar-refractivity contribution is -0.385. The molecule has 0 heterocycles. The van der Waals surface area contributed by atoms with Gasteiger partial charge in [-0.2, -0.15) is 0 Å². The van der Waals surface area contributed by atoms with Crippen molar-refractivity contribution in [3.05, 3.63) is 38.9 Å². The SMILES string of the molecule is CC(C)C(c1cc(Cl)ccc1[N+](=O)[O-])C(C)Cl. The number of nitrogens with zero attached hydrogens (tertiary/aromatic N) is 1. The van der Waals surface area contributed by atoms with E-state index >= 15 is 0 Å². The van der Waals surface area contributed by atoms with E-state index in [0.29, 0.717) is 10.6 Å². The van der Waals surface area contributed by atoms with Crippen molar-refractivity contribution in [2.75, 3.05) is 0 Å². The minimum atomic E-state index is -0.389. The first-order chi connectivity index (χ1) is 7.84. The van der Waals surface area contributed by atoms with Gasteiger partial charge in [0.1, 0.15) is 0 Å². The minimum Gasteiger partial charge on any atom is -0.258 e. The highest BCUT2D eigenvalue weighted by Gasteiger charge is 2.28. The van der Waals surface area contributed by atoms with Crippen LogP contribution in [-0.4, -0.2) is 10.3 Å². The van der Waals surface area contributed by atoms with Crippen molar-refractivity contribution >= 4 is 28.9 Å². The van der Waals surface area contributed by atoms with Gasteiger partial charge in [0.25, 0.3) is 5.69 Å². The zero-order valence-corrected chi connectivity index (χ0v) is 11.5. The third-order valence-corrected chi connectivity index (χ3v) is 3.27. The number of rotatable bonds is 4. The van der Waals surface area contributed by atoms with Gasteiger partial charge in [-0.15, -0.1) is 11.6 Å². The third kappa shape index (κ3) is 3.33. The predicted molar refractivity (Wildman–Crippen MR) is 71.0 cm³/mol. The molecular formula is C12H15Cl2NO2. The number of halogens is 2. The number of hydrogen-bond acceptors (Lipinski definition) is 2. The monoisotopic (exact) mass is 275 g/mol. The summed E-state index contributed by atoms with van der Waals surface area (Å²) >= 11 is 12.0. The number of alkyl halides is 1. The number of nitro benzene ring substituents is 1. The minimum absolute atomic E-state index is 0.0839. The van der Waals surface area contributed by atoms with Crippen molar-refractivity contribution in [2.45, 2.75) is 32.1 Å². The van der Waals surface area contributed by atoms with E-state index in [2.05, 4.69) is 0 Å². The summed E-state index contributed by atoms with van der Waals surface area (Å²) < 4.78 is 0. The quantitative estimate of drug-likeness (QED) is 0.457. The molecule has 1 aromatic rings. The van der Waals surface area contributed by atoms with Crippen LogP contribution in [0.4, 0.5) is 5.69 Å². The van der Waals surface area contributed by atoms with Gasteiger partial charge in [0.15, 0.2) is 0 Å². The summed E-state index contributed by atoms with van der Waals surface area (Å²) in [5.74, 6) is 0.121. The van der Waals surface area contributed by atoms with E-state index in [1.54, 1.807) is 6.07 Å². The highest BCUT2D eigenvalue weighted by atomic mass is 35.5. The molecule has 0 spiro atoms. The average Bonchev–Trinajstić information content (AvgIpc) is 2.15. The zero-order chi connectivity index (χ0) is 13.2. The summed E-state index contributed by atoms with van der Waals surface area (Å²) in [6.07, 6.45) is 0. The third-order valence-electron chi connectivity index (χ3n) is 2.76. The van der Waals surface area contributed by atoms with E-state index in [-0.39, 0.29) is 27.8 Å². The summed E-state index contributed by atoms with van der Waals surface area (Å²) in [5, 5.41) is 11.3. The van der Waals surface area contributed by atoms with Crippen molar-refractivity contribution in [3.63, 3.8) is 0 Å². The molecule has 0 saturated carbocycles. The Bertz CT molecular complexity index is 411. The van der Waals surface area contributed by atoms with Gasteiger partial charge in [0.05, 0.1) is 4.92 Å². The highest BCUT2D eigenvalue weighted by Crippen LogP contribution is 2.37. The molecule has 2 atom stereocenters. The summed E-state index contributed by atoms with van der Waals surface area (Å²) in [6, 6.07) is 4.61. The topological polar surface area (TPSA) is 43.1 Å². The fraction of sp³-hybridized carbons (Fsp3) is 0.500. The van der Waals surface area contributed by atoms with Gasteiger partial charge >= 0.3 is 0 Å². The number of benzene rings is 1. The van der Waals surface area contributed by atoms with Crippen LogP contribution in [0.5, 0.6) is 0 Å². The fourth-order valence-electron chi connectivity index (χ4n) is 2.10. The van der Waals surface area contributed by atoms with Crippen LogP contribution in [0.3, 0.4) is 0 Å². The van der Waals surface area contributed by atoms with Gasteiger partial charge in [-0.1, -0.05) is 25.4 Å². The Kier molecular flexibility index (Phi) is 4.78. The van der Waals surface area contributed by atoms with Crippen molar-refractivity contribution in [3.8, 4) is 0 Å². The van der Waals surface area contributed by atoms with Crippen LogP contribution in [0.2, 0.25) is 5.02 Å². The Balaban J connectivity index is 3.34. The molecule has 1 aromatic carbocycles. The van der Waals surface area contributed by atoms with Gasteiger partial charge in [-0.05, 0) is 25.0 Å². The molecule has 0 N–H and O–H groups in total. The van der Waals surface area contributed by atoms with Gasteiger partial charge < -0.3 is 0 Å². The molecule has 0 saturated heterocycles. The van der Waals surface area contributed by atoms with Crippen LogP contribution >= 0.6 is 23.2 Å². The molecule has 0 fully saturated rings. The lowest BCUT2D eigenvalue weighted by Crippen LogP contribution is -2.17. The van der Waals surface area contributed by atoms with Gasteiger partial charge in [0, 0.05) is 27.9 Å². The number of nitro groups is 1. The van der Waals surface area contributed by atoms with Crippen molar-refractivity contribution in [1.29, 1.82) is 0 Å². The highest BCUT2D eigenvalue weighted by molar-refractivity contribution is 6.30. The van der Waals surface area contributed by atoms with Crippen LogP contribution in [0.25, 0.3) is 0 Å². The molecule has 0 aromatic heterocycles.